The Kier molecular flexibility index (Phi) is 5.98. The highest BCUT2D eigenvalue weighted by molar-refractivity contribution is 5.88. The first kappa shape index (κ1) is 19.3. The van der Waals surface area contributed by atoms with Gasteiger partial charge in [-0.05, 0) is 57.0 Å². The van der Waals surface area contributed by atoms with Gasteiger partial charge in [0.25, 0.3) is 0 Å². The first-order valence-corrected chi connectivity index (χ1v) is 9.77. The van der Waals surface area contributed by atoms with E-state index in [4.69, 9.17) is 4.74 Å². The van der Waals surface area contributed by atoms with Gasteiger partial charge in [-0.3, -0.25) is 4.79 Å². The molecule has 2 aliphatic heterocycles. The zero-order valence-electron chi connectivity index (χ0n) is 16.2. The van der Waals surface area contributed by atoms with Crippen LogP contribution in [-0.2, 0) is 14.9 Å². The highest BCUT2D eigenvalue weighted by Crippen LogP contribution is 2.39. The quantitative estimate of drug-likeness (QED) is 0.807. The van der Waals surface area contributed by atoms with Crippen LogP contribution in [0.5, 0.6) is 0 Å². The molecule has 4 nitrogen and oxygen atoms in total. The molecular weight excluding hydrogens is 331 g/mol. The zero-order chi connectivity index (χ0) is 18.7. The third kappa shape index (κ3) is 3.65. The largest absolute Gasteiger partial charge is 0.381 e. The molecule has 0 aliphatic carbocycles. The van der Waals surface area contributed by atoms with E-state index < -0.39 is 5.41 Å². The number of hydrogen-bond donors (Lipinski definition) is 0. The maximum absolute atomic E-state index is 13.7. The van der Waals surface area contributed by atoms with Crippen molar-refractivity contribution >= 4 is 5.91 Å². The highest BCUT2D eigenvalue weighted by Gasteiger charge is 2.47. The van der Waals surface area contributed by atoms with Crippen molar-refractivity contribution in [1.82, 2.24) is 9.80 Å². The molecule has 2 atom stereocenters. The first-order valence-electron chi connectivity index (χ1n) is 9.77. The van der Waals surface area contributed by atoms with E-state index in [-0.39, 0.29) is 11.7 Å². The Morgan fingerprint density at radius 1 is 1.23 bits per heavy atom. The number of benzene rings is 1. The van der Waals surface area contributed by atoms with E-state index in [0.717, 1.165) is 31.5 Å². The summed E-state index contributed by atoms with van der Waals surface area (Å²) in [6.07, 6.45) is 3.60. The highest BCUT2D eigenvalue weighted by atomic mass is 19.1. The molecule has 1 amide bonds. The van der Waals surface area contributed by atoms with Gasteiger partial charge in [-0.1, -0.05) is 25.5 Å². The summed E-state index contributed by atoms with van der Waals surface area (Å²) in [5, 5.41) is 0. The van der Waals surface area contributed by atoms with Crippen LogP contribution < -0.4 is 0 Å². The molecule has 0 unspecified atom stereocenters. The van der Waals surface area contributed by atoms with E-state index in [1.54, 1.807) is 12.1 Å². The predicted octanol–water partition coefficient (Wildman–Crippen LogP) is 3.06. The molecule has 26 heavy (non-hydrogen) atoms. The molecule has 0 aromatic heterocycles. The van der Waals surface area contributed by atoms with Crippen LogP contribution in [0.3, 0.4) is 0 Å². The molecule has 5 heteroatoms. The molecule has 0 radical (unpaired) electrons. The number of rotatable bonds is 5. The van der Waals surface area contributed by atoms with Crippen LogP contribution in [0, 0.1) is 11.7 Å². The Hall–Kier alpha value is -1.46. The van der Waals surface area contributed by atoms with Gasteiger partial charge < -0.3 is 14.5 Å². The van der Waals surface area contributed by atoms with Crippen molar-refractivity contribution in [3.8, 4) is 0 Å². The lowest BCUT2D eigenvalue weighted by Crippen LogP contribution is -2.49. The van der Waals surface area contributed by atoms with Crippen molar-refractivity contribution in [1.29, 1.82) is 0 Å². The van der Waals surface area contributed by atoms with Crippen LogP contribution in [0.15, 0.2) is 24.3 Å². The fraction of sp³-hybridized carbons (Fsp3) is 0.667. The molecular formula is C21H31FN2O2. The van der Waals surface area contributed by atoms with Gasteiger partial charge in [0, 0.05) is 32.3 Å². The van der Waals surface area contributed by atoms with Gasteiger partial charge in [0.05, 0.1) is 5.41 Å². The second kappa shape index (κ2) is 8.05. The maximum atomic E-state index is 13.7. The van der Waals surface area contributed by atoms with Crippen molar-refractivity contribution in [2.75, 3.05) is 40.4 Å². The van der Waals surface area contributed by atoms with Crippen molar-refractivity contribution in [3.05, 3.63) is 35.6 Å². The van der Waals surface area contributed by atoms with E-state index >= 15 is 0 Å². The zero-order valence-corrected chi connectivity index (χ0v) is 16.2. The summed E-state index contributed by atoms with van der Waals surface area (Å²) in [4.78, 5) is 18.0. The van der Waals surface area contributed by atoms with Gasteiger partial charge in [-0.15, -0.1) is 0 Å². The predicted molar refractivity (Wildman–Crippen MR) is 101 cm³/mol. The third-order valence-corrected chi connectivity index (χ3v) is 6.17. The van der Waals surface area contributed by atoms with Gasteiger partial charge in [-0.2, -0.15) is 0 Å². The summed E-state index contributed by atoms with van der Waals surface area (Å²) in [5.41, 5.74) is 0.344. The van der Waals surface area contributed by atoms with Crippen molar-refractivity contribution in [2.45, 2.75) is 44.1 Å². The lowest BCUT2D eigenvalue weighted by molar-refractivity contribution is -0.140. The number of likely N-dealkylation sites (N-methyl/N-ethyl adjacent to an activating group) is 1. The molecule has 2 heterocycles. The van der Waals surface area contributed by atoms with Crippen LogP contribution in [0.1, 0.15) is 38.2 Å². The topological polar surface area (TPSA) is 32.8 Å². The number of carbonyl (C=O) groups is 1. The third-order valence-electron chi connectivity index (χ3n) is 6.17. The maximum Gasteiger partial charge on any atom is 0.233 e. The van der Waals surface area contributed by atoms with Crippen LogP contribution >= 0.6 is 0 Å². The van der Waals surface area contributed by atoms with Crippen molar-refractivity contribution in [3.63, 3.8) is 0 Å². The molecule has 2 aliphatic rings. The fourth-order valence-corrected chi connectivity index (χ4v) is 4.68. The summed E-state index contributed by atoms with van der Waals surface area (Å²) in [6.45, 7) is 4.95. The van der Waals surface area contributed by atoms with Gasteiger partial charge in [0.2, 0.25) is 5.91 Å². The number of amides is 1. The van der Waals surface area contributed by atoms with Crippen LogP contribution in [-0.4, -0.2) is 62.1 Å². The van der Waals surface area contributed by atoms with E-state index in [1.807, 2.05) is 0 Å². The number of nitrogens with zero attached hydrogens (tertiary/aromatic N) is 2. The van der Waals surface area contributed by atoms with E-state index in [2.05, 4.69) is 30.8 Å². The molecule has 0 saturated carbocycles. The van der Waals surface area contributed by atoms with E-state index in [0.29, 0.717) is 38.0 Å². The Morgan fingerprint density at radius 2 is 1.88 bits per heavy atom. The second-order valence-electron chi connectivity index (χ2n) is 7.99. The number of halogens is 1. The molecule has 2 saturated heterocycles. The van der Waals surface area contributed by atoms with Gasteiger partial charge in [0.1, 0.15) is 5.82 Å². The molecule has 1 aromatic rings. The number of ether oxygens (including phenoxy) is 1. The number of carbonyl (C=O) groups excluding carboxylic acids is 1. The molecule has 0 bridgehead atoms. The van der Waals surface area contributed by atoms with Crippen molar-refractivity contribution in [2.24, 2.45) is 5.92 Å². The van der Waals surface area contributed by atoms with Crippen molar-refractivity contribution < 1.29 is 13.9 Å². The van der Waals surface area contributed by atoms with Crippen LogP contribution in [0.2, 0.25) is 0 Å². The van der Waals surface area contributed by atoms with Gasteiger partial charge in [-0.25, -0.2) is 4.39 Å². The van der Waals surface area contributed by atoms with Gasteiger partial charge >= 0.3 is 0 Å². The summed E-state index contributed by atoms with van der Waals surface area (Å²) in [6, 6.07) is 6.89. The molecule has 3 rings (SSSR count). The lowest BCUT2D eigenvalue weighted by atomic mass is 9.73. The minimum absolute atomic E-state index is 0.192. The molecule has 2 fully saturated rings. The summed E-state index contributed by atoms with van der Waals surface area (Å²) < 4.78 is 19.0. The molecule has 144 valence electrons. The van der Waals surface area contributed by atoms with E-state index in [1.165, 1.54) is 12.1 Å². The standard InChI is InChI=1S/C21H31FN2O2/c1-4-5-16-14-24(15-19(16)23(2)3)20(25)21(10-12-26-13-11-21)17-6-8-18(22)9-7-17/h6-9,16,19H,4-5,10-15H2,1-3H3/t16-,19-/m1/s1. The first-order chi connectivity index (χ1) is 12.5. The normalized spacial score (nSPS) is 25.7. The average molecular weight is 362 g/mol. The summed E-state index contributed by atoms with van der Waals surface area (Å²) in [5.74, 6) is 0.446. The minimum atomic E-state index is -0.579. The molecule has 0 N–H and O–H groups in total. The lowest BCUT2D eigenvalue weighted by Gasteiger charge is -2.39. The second-order valence-corrected chi connectivity index (χ2v) is 7.99. The van der Waals surface area contributed by atoms with Crippen LogP contribution in [0.25, 0.3) is 0 Å². The monoisotopic (exact) mass is 362 g/mol. The molecule has 0 spiro atoms. The Morgan fingerprint density at radius 3 is 2.46 bits per heavy atom. The summed E-state index contributed by atoms with van der Waals surface area (Å²) in [7, 11) is 4.21. The number of likely N-dealkylation sites (tertiary alicyclic amines) is 1. The van der Waals surface area contributed by atoms with Crippen LogP contribution in [0.4, 0.5) is 4.39 Å². The molecule has 1 aromatic carbocycles. The SMILES string of the molecule is CCC[C@@H]1CN(C(=O)C2(c3ccc(F)cc3)CCOCC2)C[C@H]1N(C)C. The minimum Gasteiger partial charge on any atom is -0.381 e. The fourth-order valence-electron chi connectivity index (χ4n) is 4.68. The van der Waals surface area contributed by atoms with Gasteiger partial charge in [0.15, 0.2) is 0 Å². The Balaban J connectivity index is 1.87. The Labute approximate surface area is 156 Å². The van der Waals surface area contributed by atoms with E-state index in [9.17, 15) is 9.18 Å². The number of hydrogen-bond acceptors (Lipinski definition) is 3. The summed E-state index contributed by atoms with van der Waals surface area (Å²) >= 11 is 0. The smallest absolute Gasteiger partial charge is 0.233 e. The Bertz CT molecular complexity index is 611. The average Bonchev–Trinajstić information content (AvgIpc) is 3.07.